The van der Waals surface area contributed by atoms with Crippen molar-refractivity contribution in [3.63, 3.8) is 0 Å². The standard InChI is InChI=1S/C16H26N2O3S.ClH/c1-16(2,3)12-6-8-13(9-7-12)18(4)15(19)14(17)10-11-22(5,20)21;/h6-9,14H,10-11,17H2,1-5H3;1H. The van der Waals surface area contributed by atoms with E-state index in [0.717, 1.165) is 11.9 Å². The molecule has 5 nitrogen and oxygen atoms in total. The molecule has 1 amide bonds. The SMILES string of the molecule is CN(C(=O)C(N)CCS(C)(=O)=O)c1ccc(C(C)(C)C)cc1.Cl. The fourth-order valence-electron chi connectivity index (χ4n) is 2.03. The van der Waals surface area contributed by atoms with E-state index in [1.54, 1.807) is 7.05 Å². The zero-order chi connectivity index (χ0) is 17.1. The Morgan fingerprint density at radius 3 is 2.09 bits per heavy atom. The number of carbonyl (C=O) groups is 1. The van der Waals surface area contributed by atoms with Crippen LogP contribution in [0.5, 0.6) is 0 Å². The summed E-state index contributed by atoms with van der Waals surface area (Å²) in [6, 6.07) is 6.91. The number of likely N-dealkylation sites (N-methyl/N-ethyl adjacent to an activating group) is 1. The van der Waals surface area contributed by atoms with Gasteiger partial charge in [-0.3, -0.25) is 4.79 Å². The van der Waals surface area contributed by atoms with Gasteiger partial charge >= 0.3 is 0 Å². The maximum Gasteiger partial charge on any atom is 0.243 e. The van der Waals surface area contributed by atoms with Crippen LogP contribution in [0.2, 0.25) is 0 Å². The quantitative estimate of drug-likeness (QED) is 0.870. The molecule has 0 radical (unpaired) electrons. The van der Waals surface area contributed by atoms with Crippen molar-refractivity contribution in [2.75, 3.05) is 24.0 Å². The topological polar surface area (TPSA) is 80.5 Å². The summed E-state index contributed by atoms with van der Waals surface area (Å²) in [6.07, 6.45) is 1.27. The van der Waals surface area contributed by atoms with Crippen molar-refractivity contribution in [1.82, 2.24) is 0 Å². The average molecular weight is 363 g/mol. The summed E-state index contributed by atoms with van der Waals surface area (Å²) in [5.41, 5.74) is 7.78. The van der Waals surface area contributed by atoms with Gasteiger partial charge in [-0.25, -0.2) is 8.42 Å². The number of sulfone groups is 1. The van der Waals surface area contributed by atoms with Crippen LogP contribution in [0.15, 0.2) is 24.3 Å². The van der Waals surface area contributed by atoms with Gasteiger partial charge in [0.25, 0.3) is 0 Å². The summed E-state index contributed by atoms with van der Waals surface area (Å²) in [7, 11) is -1.47. The first-order valence-electron chi connectivity index (χ1n) is 7.23. The molecule has 0 bridgehead atoms. The van der Waals surface area contributed by atoms with E-state index in [-0.39, 0.29) is 35.9 Å². The smallest absolute Gasteiger partial charge is 0.243 e. The van der Waals surface area contributed by atoms with Gasteiger partial charge in [0.05, 0.1) is 11.8 Å². The van der Waals surface area contributed by atoms with Gasteiger partial charge in [0.15, 0.2) is 0 Å². The molecule has 0 aliphatic heterocycles. The Kier molecular flexibility index (Phi) is 7.73. The summed E-state index contributed by atoms with van der Waals surface area (Å²) >= 11 is 0. The molecule has 0 aromatic heterocycles. The van der Waals surface area contributed by atoms with Crippen LogP contribution in [0.3, 0.4) is 0 Å². The van der Waals surface area contributed by atoms with Crippen LogP contribution in [0.25, 0.3) is 0 Å². The predicted molar refractivity (Wildman–Crippen MR) is 98.1 cm³/mol. The monoisotopic (exact) mass is 362 g/mol. The highest BCUT2D eigenvalue weighted by Gasteiger charge is 2.21. The fourth-order valence-corrected chi connectivity index (χ4v) is 2.71. The van der Waals surface area contributed by atoms with E-state index in [9.17, 15) is 13.2 Å². The van der Waals surface area contributed by atoms with E-state index >= 15 is 0 Å². The van der Waals surface area contributed by atoms with Crippen LogP contribution in [0.4, 0.5) is 5.69 Å². The van der Waals surface area contributed by atoms with Crippen molar-refractivity contribution in [3.05, 3.63) is 29.8 Å². The Labute approximate surface area is 145 Å². The number of halogens is 1. The highest BCUT2D eigenvalue weighted by atomic mass is 35.5. The van der Waals surface area contributed by atoms with Gasteiger partial charge in [-0.15, -0.1) is 12.4 Å². The van der Waals surface area contributed by atoms with Crippen molar-refractivity contribution in [2.24, 2.45) is 5.73 Å². The lowest BCUT2D eigenvalue weighted by Crippen LogP contribution is -2.42. The Morgan fingerprint density at radius 2 is 1.70 bits per heavy atom. The third-order valence-electron chi connectivity index (χ3n) is 3.57. The number of hydrogen-bond acceptors (Lipinski definition) is 4. The normalized spacial score (nSPS) is 13.1. The molecule has 0 heterocycles. The van der Waals surface area contributed by atoms with Gasteiger partial charge in [-0.2, -0.15) is 0 Å². The molecule has 1 unspecified atom stereocenters. The molecule has 132 valence electrons. The van der Waals surface area contributed by atoms with Crippen molar-refractivity contribution in [2.45, 2.75) is 38.6 Å². The molecule has 0 saturated carbocycles. The number of benzene rings is 1. The van der Waals surface area contributed by atoms with E-state index in [2.05, 4.69) is 20.8 Å². The number of hydrogen-bond donors (Lipinski definition) is 1. The second kappa shape index (κ2) is 8.13. The first-order valence-corrected chi connectivity index (χ1v) is 9.29. The van der Waals surface area contributed by atoms with Gasteiger partial charge < -0.3 is 10.6 Å². The zero-order valence-corrected chi connectivity index (χ0v) is 16.0. The first-order chi connectivity index (χ1) is 9.92. The molecule has 0 aliphatic carbocycles. The van der Waals surface area contributed by atoms with Crippen LogP contribution in [0.1, 0.15) is 32.8 Å². The van der Waals surface area contributed by atoms with Crippen molar-refractivity contribution in [1.29, 1.82) is 0 Å². The number of nitrogens with two attached hydrogens (primary N) is 1. The second-order valence-electron chi connectivity index (χ2n) is 6.72. The molecular weight excluding hydrogens is 336 g/mol. The van der Waals surface area contributed by atoms with Crippen LogP contribution in [0, 0.1) is 0 Å². The van der Waals surface area contributed by atoms with E-state index in [1.165, 1.54) is 10.5 Å². The Bertz CT molecular complexity index is 622. The van der Waals surface area contributed by atoms with Gasteiger partial charge in [0, 0.05) is 19.0 Å². The van der Waals surface area contributed by atoms with E-state index in [4.69, 9.17) is 5.73 Å². The number of rotatable bonds is 5. The summed E-state index contributed by atoms with van der Waals surface area (Å²) in [4.78, 5) is 13.7. The number of amides is 1. The predicted octanol–water partition coefficient (Wildman–Crippen LogP) is 2.13. The van der Waals surface area contributed by atoms with Gasteiger partial charge in [0.1, 0.15) is 9.84 Å². The summed E-state index contributed by atoms with van der Waals surface area (Å²) < 4.78 is 22.3. The number of carbonyl (C=O) groups excluding carboxylic acids is 1. The molecule has 0 saturated heterocycles. The van der Waals surface area contributed by atoms with Crippen LogP contribution >= 0.6 is 12.4 Å². The van der Waals surface area contributed by atoms with Crippen molar-refractivity contribution >= 4 is 33.8 Å². The lowest BCUT2D eigenvalue weighted by Gasteiger charge is -2.23. The van der Waals surface area contributed by atoms with E-state index in [0.29, 0.717) is 0 Å². The van der Waals surface area contributed by atoms with Crippen LogP contribution < -0.4 is 10.6 Å². The molecule has 23 heavy (non-hydrogen) atoms. The third-order valence-corrected chi connectivity index (χ3v) is 4.55. The molecule has 1 rings (SSSR count). The van der Waals surface area contributed by atoms with Crippen LogP contribution in [-0.4, -0.2) is 39.4 Å². The minimum Gasteiger partial charge on any atom is -0.320 e. The van der Waals surface area contributed by atoms with Gasteiger partial charge in [0.2, 0.25) is 5.91 Å². The lowest BCUT2D eigenvalue weighted by molar-refractivity contribution is -0.119. The zero-order valence-electron chi connectivity index (χ0n) is 14.4. The fraction of sp³-hybridized carbons (Fsp3) is 0.562. The summed E-state index contributed by atoms with van der Waals surface area (Å²) in [6.45, 7) is 6.37. The molecule has 2 N–H and O–H groups in total. The second-order valence-corrected chi connectivity index (χ2v) is 8.98. The molecule has 0 aliphatic rings. The van der Waals surface area contributed by atoms with Gasteiger partial charge in [-0.05, 0) is 29.5 Å². The largest absolute Gasteiger partial charge is 0.320 e. The summed E-state index contributed by atoms with van der Waals surface area (Å²) in [5.74, 6) is -0.372. The van der Waals surface area contributed by atoms with Crippen molar-refractivity contribution < 1.29 is 13.2 Å². The van der Waals surface area contributed by atoms with Crippen molar-refractivity contribution in [3.8, 4) is 0 Å². The summed E-state index contributed by atoms with van der Waals surface area (Å²) in [5, 5.41) is 0. The molecule has 0 fully saturated rings. The minimum absolute atomic E-state index is 0. The Hall–Kier alpha value is -1.11. The van der Waals surface area contributed by atoms with E-state index < -0.39 is 15.9 Å². The number of nitrogens with zero attached hydrogens (tertiary/aromatic N) is 1. The molecule has 7 heteroatoms. The molecule has 1 aromatic rings. The Morgan fingerprint density at radius 1 is 1.22 bits per heavy atom. The van der Waals surface area contributed by atoms with E-state index in [1.807, 2.05) is 24.3 Å². The highest BCUT2D eigenvalue weighted by molar-refractivity contribution is 7.90. The molecule has 0 spiro atoms. The lowest BCUT2D eigenvalue weighted by atomic mass is 9.87. The Balaban J connectivity index is 0.00000484. The molecule has 1 aromatic carbocycles. The molecular formula is C16H27ClN2O3S. The minimum atomic E-state index is -3.12. The molecule has 1 atom stereocenters. The number of anilines is 1. The van der Waals surface area contributed by atoms with Crippen LogP contribution in [-0.2, 0) is 20.0 Å². The first kappa shape index (κ1) is 21.9. The maximum atomic E-state index is 12.2. The highest BCUT2D eigenvalue weighted by Crippen LogP contribution is 2.24. The van der Waals surface area contributed by atoms with Gasteiger partial charge in [-0.1, -0.05) is 32.9 Å². The maximum absolute atomic E-state index is 12.2. The third kappa shape index (κ3) is 6.89. The average Bonchev–Trinajstić information content (AvgIpc) is 2.41.